The van der Waals surface area contributed by atoms with E-state index in [0.717, 1.165) is 21.6 Å². The van der Waals surface area contributed by atoms with Gasteiger partial charge in [0.1, 0.15) is 5.52 Å². The second kappa shape index (κ2) is 5.33. The first kappa shape index (κ1) is 13.7. The standard InChI is InChI=1S/C17H11N3O2S/c18-17(21)14-12(10-5-2-1-3-6-10)9-23-16(14)11-7-4-8-13-15(11)19-20-22-13/h1-9H,(H2,18,21). The van der Waals surface area contributed by atoms with Crippen LogP contribution in [-0.2, 0) is 0 Å². The van der Waals surface area contributed by atoms with Crippen molar-refractivity contribution in [2.75, 3.05) is 0 Å². The summed E-state index contributed by atoms with van der Waals surface area (Å²) < 4.78 is 5.10. The second-order valence-electron chi connectivity index (χ2n) is 5.01. The summed E-state index contributed by atoms with van der Waals surface area (Å²) in [5, 5.41) is 9.55. The highest BCUT2D eigenvalue weighted by Gasteiger charge is 2.21. The summed E-state index contributed by atoms with van der Waals surface area (Å²) in [7, 11) is 0. The molecule has 5 nitrogen and oxygen atoms in total. The fraction of sp³-hybridized carbons (Fsp3) is 0. The van der Waals surface area contributed by atoms with E-state index in [4.69, 9.17) is 10.3 Å². The summed E-state index contributed by atoms with van der Waals surface area (Å²) in [4.78, 5) is 12.9. The molecule has 0 aliphatic rings. The lowest BCUT2D eigenvalue weighted by Gasteiger charge is -2.05. The van der Waals surface area contributed by atoms with Gasteiger partial charge in [-0.15, -0.1) is 16.4 Å². The fourth-order valence-corrected chi connectivity index (χ4v) is 3.73. The third-order valence-electron chi connectivity index (χ3n) is 3.65. The topological polar surface area (TPSA) is 82.0 Å². The molecule has 6 heteroatoms. The van der Waals surface area contributed by atoms with Gasteiger partial charge in [-0.1, -0.05) is 42.5 Å². The quantitative estimate of drug-likeness (QED) is 0.623. The lowest BCUT2D eigenvalue weighted by molar-refractivity contribution is 0.100. The highest BCUT2D eigenvalue weighted by molar-refractivity contribution is 7.14. The van der Waals surface area contributed by atoms with Crippen molar-refractivity contribution < 1.29 is 9.32 Å². The number of primary amides is 1. The Kier molecular flexibility index (Phi) is 3.17. The van der Waals surface area contributed by atoms with Crippen LogP contribution in [0.4, 0.5) is 0 Å². The van der Waals surface area contributed by atoms with Crippen LogP contribution in [0.2, 0.25) is 0 Å². The number of rotatable bonds is 3. The molecule has 2 aromatic heterocycles. The Bertz CT molecular complexity index is 1010. The number of hydrogen-bond donors (Lipinski definition) is 1. The van der Waals surface area contributed by atoms with Crippen molar-refractivity contribution in [1.29, 1.82) is 0 Å². The Balaban J connectivity index is 1.99. The van der Waals surface area contributed by atoms with Crippen LogP contribution in [0.15, 0.2) is 58.4 Å². The van der Waals surface area contributed by atoms with E-state index in [1.807, 2.05) is 47.8 Å². The van der Waals surface area contributed by atoms with Crippen molar-refractivity contribution >= 4 is 28.3 Å². The van der Waals surface area contributed by atoms with E-state index < -0.39 is 5.91 Å². The summed E-state index contributed by atoms with van der Waals surface area (Å²) in [6, 6.07) is 15.2. The molecule has 0 unspecified atom stereocenters. The number of amides is 1. The van der Waals surface area contributed by atoms with E-state index in [1.54, 1.807) is 6.07 Å². The molecule has 0 aliphatic carbocycles. The van der Waals surface area contributed by atoms with Gasteiger partial charge in [0.2, 0.25) is 0 Å². The van der Waals surface area contributed by atoms with E-state index in [-0.39, 0.29) is 0 Å². The van der Waals surface area contributed by atoms with Crippen molar-refractivity contribution in [2.24, 2.45) is 5.73 Å². The van der Waals surface area contributed by atoms with Gasteiger partial charge in [0, 0.05) is 21.8 Å². The van der Waals surface area contributed by atoms with Crippen LogP contribution in [0.5, 0.6) is 0 Å². The van der Waals surface area contributed by atoms with Gasteiger partial charge in [0.25, 0.3) is 5.91 Å². The third-order valence-corrected chi connectivity index (χ3v) is 4.66. The van der Waals surface area contributed by atoms with E-state index in [0.29, 0.717) is 16.7 Å². The molecule has 0 spiro atoms. The van der Waals surface area contributed by atoms with Crippen LogP contribution in [0.1, 0.15) is 10.4 Å². The minimum atomic E-state index is -0.464. The molecule has 0 saturated heterocycles. The minimum absolute atomic E-state index is 0.464. The average molecular weight is 321 g/mol. The van der Waals surface area contributed by atoms with Crippen LogP contribution >= 0.6 is 11.3 Å². The molecule has 0 atom stereocenters. The molecule has 112 valence electrons. The molecule has 0 aliphatic heterocycles. The van der Waals surface area contributed by atoms with Crippen molar-refractivity contribution in [3.63, 3.8) is 0 Å². The molecule has 0 radical (unpaired) electrons. The Morgan fingerprint density at radius 1 is 1.04 bits per heavy atom. The number of thiophene rings is 1. The zero-order valence-corrected chi connectivity index (χ0v) is 12.7. The summed E-state index contributed by atoms with van der Waals surface area (Å²) in [6.45, 7) is 0. The average Bonchev–Trinajstić information content (AvgIpc) is 3.22. The number of nitrogens with two attached hydrogens (primary N) is 1. The van der Waals surface area contributed by atoms with Crippen molar-refractivity contribution in [3.05, 3.63) is 59.5 Å². The maximum Gasteiger partial charge on any atom is 0.250 e. The number of aromatic nitrogens is 2. The molecule has 4 rings (SSSR count). The van der Waals surface area contributed by atoms with Crippen molar-refractivity contribution in [3.8, 4) is 21.6 Å². The number of carbonyl (C=O) groups excluding carboxylic acids is 1. The molecule has 2 N–H and O–H groups in total. The van der Waals surface area contributed by atoms with Gasteiger partial charge in [0.05, 0.1) is 10.4 Å². The molecule has 0 saturated carbocycles. The van der Waals surface area contributed by atoms with Crippen LogP contribution in [-0.4, -0.2) is 16.3 Å². The molecular formula is C17H11N3O2S. The monoisotopic (exact) mass is 321 g/mol. The van der Waals surface area contributed by atoms with Crippen LogP contribution in [0.25, 0.3) is 32.7 Å². The van der Waals surface area contributed by atoms with Crippen molar-refractivity contribution in [1.82, 2.24) is 10.4 Å². The Labute approximate surface area is 135 Å². The zero-order chi connectivity index (χ0) is 15.8. The molecule has 0 fully saturated rings. The van der Waals surface area contributed by atoms with Gasteiger partial charge >= 0.3 is 0 Å². The summed E-state index contributed by atoms with van der Waals surface area (Å²) in [6.07, 6.45) is 0. The highest BCUT2D eigenvalue weighted by atomic mass is 32.1. The first-order valence-electron chi connectivity index (χ1n) is 6.94. The van der Waals surface area contributed by atoms with Crippen LogP contribution < -0.4 is 5.73 Å². The van der Waals surface area contributed by atoms with E-state index in [2.05, 4.69) is 10.4 Å². The first-order valence-corrected chi connectivity index (χ1v) is 7.82. The Morgan fingerprint density at radius 2 is 1.87 bits per heavy atom. The second-order valence-corrected chi connectivity index (χ2v) is 5.89. The van der Waals surface area contributed by atoms with Gasteiger partial charge in [-0.2, -0.15) is 0 Å². The maximum atomic E-state index is 12.1. The SMILES string of the molecule is NC(=O)c1c(-c2ccccc2)csc1-c1cccc2onnc12. The number of carbonyl (C=O) groups is 1. The lowest BCUT2D eigenvalue weighted by Crippen LogP contribution is -2.12. The van der Waals surface area contributed by atoms with Gasteiger partial charge in [-0.05, 0) is 11.6 Å². The van der Waals surface area contributed by atoms with E-state index in [9.17, 15) is 4.79 Å². The van der Waals surface area contributed by atoms with Gasteiger partial charge in [0.15, 0.2) is 5.58 Å². The third kappa shape index (κ3) is 2.20. The normalized spacial score (nSPS) is 11.0. The molecule has 0 bridgehead atoms. The molecular weight excluding hydrogens is 310 g/mol. The molecule has 2 aromatic carbocycles. The predicted octanol–water partition coefficient (Wildman–Crippen LogP) is 3.72. The molecule has 23 heavy (non-hydrogen) atoms. The number of benzene rings is 2. The maximum absolute atomic E-state index is 12.1. The Hall–Kier alpha value is -2.99. The smallest absolute Gasteiger partial charge is 0.250 e. The van der Waals surface area contributed by atoms with Crippen LogP contribution in [0.3, 0.4) is 0 Å². The number of fused-ring (bicyclic) bond motifs is 1. The molecule has 1 amide bonds. The predicted molar refractivity (Wildman–Crippen MR) is 89.1 cm³/mol. The highest BCUT2D eigenvalue weighted by Crippen LogP contribution is 2.40. The largest absolute Gasteiger partial charge is 0.366 e. The summed E-state index contributed by atoms with van der Waals surface area (Å²) in [5.74, 6) is -0.464. The van der Waals surface area contributed by atoms with Crippen molar-refractivity contribution in [2.45, 2.75) is 0 Å². The van der Waals surface area contributed by atoms with Gasteiger partial charge < -0.3 is 10.3 Å². The first-order chi connectivity index (χ1) is 11.3. The molecule has 2 heterocycles. The Morgan fingerprint density at radius 3 is 2.65 bits per heavy atom. The van der Waals surface area contributed by atoms with Gasteiger partial charge in [-0.25, -0.2) is 0 Å². The van der Waals surface area contributed by atoms with Gasteiger partial charge in [-0.3, -0.25) is 4.79 Å². The fourth-order valence-electron chi connectivity index (χ4n) is 2.62. The zero-order valence-electron chi connectivity index (χ0n) is 11.9. The lowest BCUT2D eigenvalue weighted by atomic mass is 9.99. The van der Waals surface area contributed by atoms with E-state index >= 15 is 0 Å². The summed E-state index contributed by atoms with van der Waals surface area (Å²) >= 11 is 1.46. The van der Waals surface area contributed by atoms with E-state index in [1.165, 1.54) is 11.3 Å². The minimum Gasteiger partial charge on any atom is -0.366 e. The number of nitrogens with zero attached hydrogens (tertiary/aromatic N) is 2. The molecule has 4 aromatic rings. The number of hydrogen-bond acceptors (Lipinski definition) is 5. The summed E-state index contributed by atoms with van der Waals surface area (Å²) in [5.41, 5.74) is 9.93. The van der Waals surface area contributed by atoms with Crippen LogP contribution in [0, 0.1) is 0 Å².